The van der Waals surface area contributed by atoms with Crippen LogP contribution in [-0.4, -0.2) is 13.2 Å². The van der Waals surface area contributed by atoms with Crippen molar-refractivity contribution >= 4 is 11.3 Å². The summed E-state index contributed by atoms with van der Waals surface area (Å²) in [6, 6.07) is 11.1. The SMILES string of the molecule is CCNC(CCc1ccsc1)c1ccc(OCC)cc1. The lowest BCUT2D eigenvalue weighted by Crippen LogP contribution is -2.21. The fourth-order valence-corrected chi connectivity index (χ4v) is 3.05. The molecule has 1 aromatic carbocycles. The minimum atomic E-state index is 0.413. The van der Waals surface area contributed by atoms with E-state index in [1.807, 2.05) is 6.92 Å². The second-order valence-electron chi connectivity index (χ2n) is 4.78. The lowest BCUT2D eigenvalue weighted by Gasteiger charge is -2.18. The van der Waals surface area contributed by atoms with Crippen molar-refractivity contribution in [1.29, 1.82) is 0 Å². The van der Waals surface area contributed by atoms with Gasteiger partial charge in [0.05, 0.1) is 6.61 Å². The number of ether oxygens (including phenoxy) is 1. The molecule has 0 bridgehead atoms. The minimum absolute atomic E-state index is 0.413. The molecule has 0 saturated carbocycles. The van der Waals surface area contributed by atoms with E-state index in [1.165, 1.54) is 11.1 Å². The Morgan fingerprint density at radius 3 is 2.55 bits per heavy atom. The van der Waals surface area contributed by atoms with E-state index < -0.39 is 0 Å². The predicted molar refractivity (Wildman–Crippen MR) is 86.7 cm³/mol. The molecule has 0 radical (unpaired) electrons. The number of rotatable bonds is 8. The van der Waals surface area contributed by atoms with E-state index in [2.05, 4.69) is 53.3 Å². The van der Waals surface area contributed by atoms with Crippen LogP contribution in [0.5, 0.6) is 5.75 Å². The van der Waals surface area contributed by atoms with E-state index in [0.717, 1.165) is 25.1 Å². The quantitative estimate of drug-likeness (QED) is 0.776. The average molecular weight is 289 g/mol. The third-order valence-electron chi connectivity index (χ3n) is 3.35. The molecule has 1 heterocycles. The Morgan fingerprint density at radius 2 is 1.95 bits per heavy atom. The van der Waals surface area contributed by atoms with Crippen LogP contribution in [0.1, 0.15) is 37.4 Å². The average Bonchev–Trinajstić information content (AvgIpc) is 2.98. The van der Waals surface area contributed by atoms with Crippen LogP contribution in [0.25, 0.3) is 0 Å². The molecule has 0 spiro atoms. The summed E-state index contributed by atoms with van der Waals surface area (Å²) in [4.78, 5) is 0. The minimum Gasteiger partial charge on any atom is -0.494 e. The maximum Gasteiger partial charge on any atom is 0.119 e. The number of aryl methyl sites for hydroxylation is 1. The second-order valence-corrected chi connectivity index (χ2v) is 5.56. The lowest BCUT2D eigenvalue weighted by atomic mass is 10.00. The van der Waals surface area contributed by atoms with E-state index in [9.17, 15) is 0 Å². The molecule has 20 heavy (non-hydrogen) atoms. The summed E-state index contributed by atoms with van der Waals surface area (Å²) in [5.41, 5.74) is 2.77. The maximum atomic E-state index is 5.50. The van der Waals surface area contributed by atoms with Crippen molar-refractivity contribution in [1.82, 2.24) is 5.32 Å². The van der Waals surface area contributed by atoms with E-state index in [-0.39, 0.29) is 0 Å². The van der Waals surface area contributed by atoms with Gasteiger partial charge in [-0.1, -0.05) is 19.1 Å². The van der Waals surface area contributed by atoms with Crippen LogP contribution in [0.15, 0.2) is 41.1 Å². The Balaban J connectivity index is 1.99. The lowest BCUT2D eigenvalue weighted by molar-refractivity contribution is 0.340. The van der Waals surface area contributed by atoms with Crippen LogP contribution < -0.4 is 10.1 Å². The van der Waals surface area contributed by atoms with E-state index in [0.29, 0.717) is 12.6 Å². The van der Waals surface area contributed by atoms with Crippen molar-refractivity contribution in [2.75, 3.05) is 13.2 Å². The molecule has 3 heteroatoms. The largest absolute Gasteiger partial charge is 0.494 e. The molecule has 1 unspecified atom stereocenters. The van der Waals surface area contributed by atoms with Gasteiger partial charge in [-0.15, -0.1) is 0 Å². The third kappa shape index (κ3) is 4.36. The number of hydrogen-bond acceptors (Lipinski definition) is 3. The summed E-state index contributed by atoms with van der Waals surface area (Å²) in [5.74, 6) is 0.948. The van der Waals surface area contributed by atoms with E-state index in [4.69, 9.17) is 4.74 Å². The smallest absolute Gasteiger partial charge is 0.119 e. The normalized spacial score (nSPS) is 12.3. The van der Waals surface area contributed by atoms with Gasteiger partial charge in [0.25, 0.3) is 0 Å². The molecule has 0 aliphatic carbocycles. The van der Waals surface area contributed by atoms with Gasteiger partial charge >= 0.3 is 0 Å². The summed E-state index contributed by atoms with van der Waals surface area (Å²) in [7, 11) is 0. The van der Waals surface area contributed by atoms with Crippen molar-refractivity contribution in [2.24, 2.45) is 0 Å². The standard InChI is InChI=1S/C17H23NOS/c1-3-18-17(10-5-14-11-12-20-13-14)15-6-8-16(9-7-15)19-4-2/h6-9,11-13,17-18H,3-5,10H2,1-2H3. The highest BCUT2D eigenvalue weighted by atomic mass is 32.1. The molecule has 0 aliphatic rings. The van der Waals surface area contributed by atoms with Crippen molar-refractivity contribution in [3.05, 3.63) is 52.2 Å². The van der Waals surface area contributed by atoms with Gasteiger partial charge in [0.1, 0.15) is 5.75 Å². The highest BCUT2D eigenvalue weighted by Crippen LogP contribution is 2.22. The fraction of sp³-hybridized carbons (Fsp3) is 0.412. The van der Waals surface area contributed by atoms with Crippen molar-refractivity contribution < 1.29 is 4.74 Å². The topological polar surface area (TPSA) is 21.3 Å². The summed E-state index contributed by atoms with van der Waals surface area (Å²) in [6.45, 7) is 5.87. The maximum absolute atomic E-state index is 5.50. The van der Waals surface area contributed by atoms with Crippen LogP contribution >= 0.6 is 11.3 Å². The summed E-state index contributed by atoms with van der Waals surface area (Å²) < 4.78 is 5.50. The number of thiophene rings is 1. The Bertz CT molecular complexity index is 478. The molecule has 0 amide bonds. The highest BCUT2D eigenvalue weighted by molar-refractivity contribution is 7.07. The summed E-state index contributed by atoms with van der Waals surface area (Å²) in [6.07, 6.45) is 2.24. The third-order valence-corrected chi connectivity index (χ3v) is 4.08. The number of benzene rings is 1. The van der Waals surface area contributed by atoms with E-state index in [1.54, 1.807) is 11.3 Å². The molecule has 1 N–H and O–H groups in total. The molecular formula is C17H23NOS. The molecule has 1 atom stereocenters. The number of hydrogen-bond donors (Lipinski definition) is 1. The van der Waals surface area contributed by atoms with Crippen LogP contribution in [0.4, 0.5) is 0 Å². The van der Waals surface area contributed by atoms with Crippen LogP contribution in [0.3, 0.4) is 0 Å². The van der Waals surface area contributed by atoms with Gasteiger partial charge in [-0.05, 0) is 66.4 Å². The first-order valence-electron chi connectivity index (χ1n) is 7.30. The molecule has 0 aliphatic heterocycles. The fourth-order valence-electron chi connectivity index (χ4n) is 2.34. The van der Waals surface area contributed by atoms with E-state index >= 15 is 0 Å². The number of nitrogens with one attached hydrogen (secondary N) is 1. The van der Waals surface area contributed by atoms with Gasteiger partial charge in [-0.25, -0.2) is 0 Å². The van der Waals surface area contributed by atoms with Gasteiger partial charge in [0, 0.05) is 6.04 Å². The van der Waals surface area contributed by atoms with Crippen LogP contribution in [0, 0.1) is 0 Å². The van der Waals surface area contributed by atoms with Gasteiger partial charge in [0.15, 0.2) is 0 Å². The van der Waals surface area contributed by atoms with Gasteiger partial charge < -0.3 is 10.1 Å². The molecule has 2 nitrogen and oxygen atoms in total. The van der Waals surface area contributed by atoms with Gasteiger partial charge in [-0.3, -0.25) is 0 Å². The van der Waals surface area contributed by atoms with Crippen molar-refractivity contribution in [3.8, 4) is 5.75 Å². The molecule has 2 rings (SSSR count). The monoisotopic (exact) mass is 289 g/mol. The molecular weight excluding hydrogens is 266 g/mol. The zero-order chi connectivity index (χ0) is 14.2. The van der Waals surface area contributed by atoms with Crippen LogP contribution in [-0.2, 0) is 6.42 Å². The first kappa shape index (κ1) is 15.1. The van der Waals surface area contributed by atoms with Crippen LogP contribution in [0.2, 0.25) is 0 Å². The molecule has 108 valence electrons. The highest BCUT2D eigenvalue weighted by Gasteiger charge is 2.10. The summed E-state index contributed by atoms with van der Waals surface area (Å²) in [5, 5.41) is 7.96. The molecule has 2 aromatic rings. The van der Waals surface area contributed by atoms with Crippen molar-refractivity contribution in [2.45, 2.75) is 32.7 Å². The molecule has 0 saturated heterocycles. The Labute approximate surface area is 125 Å². The molecule has 0 fully saturated rings. The summed E-state index contributed by atoms with van der Waals surface area (Å²) >= 11 is 1.77. The zero-order valence-corrected chi connectivity index (χ0v) is 13.1. The molecule has 1 aromatic heterocycles. The zero-order valence-electron chi connectivity index (χ0n) is 12.3. The Kier molecular flexibility index (Phi) is 6.09. The Morgan fingerprint density at radius 1 is 1.15 bits per heavy atom. The predicted octanol–water partition coefficient (Wildman–Crippen LogP) is 4.43. The van der Waals surface area contributed by atoms with Crippen molar-refractivity contribution in [3.63, 3.8) is 0 Å². The second kappa shape index (κ2) is 8.08. The van der Waals surface area contributed by atoms with Gasteiger partial charge in [-0.2, -0.15) is 11.3 Å². The first-order chi connectivity index (χ1) is 9.83. The Hall–Kier alpha value is -1.32. The first-order valence-corrected chi connectivity index (χ1v) is 8.25. The van der Waals surface area contributed by atoms with Gasteiger partial charge in [0.2, 0.25) is 0 Å².